The van der Waals surface area contributed by atoms with E-state index in [0.717, 1.165) is 6.42 Å². The van der Waals surface area contributed by atoms with Gasteiger partial charge in [0.25, 0.3) is 0 Å². The number of halogens is 1. The van der Waals surface area contributed by atoms with Gasteiger partial charge in [0.1, 0.15) is 0 Å². The average molecular weight is 225 g/mol. The molecular formula is C9H17ClO2S. The number of hydrogen-bond acceptors (Lipinski definition) is 2. The fraction of sp³-hybridized carbons (Fsp3) is 1.00. The van der Waals surface area contributed by atoms with E-state index < -0.39 is 9.05 Å². The zero-order valence-electron chi connectivity index (χ0n) is 7.84. The first-order valence-corrected chi connectivity index (χ1v) is 7.48. The molecule has 0 N–H and O–H groups in total. The summed E-state index contributed by atoms with van der Waals surface area (Å²) < 4.78 is 21.5. The van der Waals surface area contributed by atoms with Crippen LogP contribution in [0.3, 0.4) is 0 Å². The van der Waals surface area contributed by atoms with Crippen LogP contribution in [0.25, 0.3) is 0 Å². The van der Waals surface area contributed by atoms with Crippen LogP contribution in [0.1, 0.15) is 44.9 Å². The highest BCUT2D eigenvalue weighted by atomic mass is 35.7. The maximum absolute atomic E-state index is 10.7. The van der Waals surface area contributed by atoms with Crippen molar-refractivity contribution < 1.29 is 8.42 Å². The molecule has 0 radical (unpaired) electrons. The van der Waals surface area contributed by atoms with E-state index >= 15 is 0 Å². The van der Waals surface area contributed by atoms with Gasteiger partial charge in [-0.2, -0.15) is 0 Å². The third kappa shape index (κ3) is 5.53. The lowest BCUT2D eigenvalue weighted by molar-refractivity contribution is 0.446. The van der Waals surface area contributed by atoms with Crippen molar-refractivity contribution in [1.82, 2.24) is 0 Å². The summed E-state index contributed by atoms with van der Waals surface area (Å²) in [6.07, 6.45) is 8.26. The predicted octanol–water partition coefficient (Wildman–Crippen LogP) is 2.92. The maximum Gasteiger partial charge on any atom is 0.232 e. The van der Waals surface area contributed by atoms with Crippen LogP contribution >= 0.6 is 10.7 Å². The molecule has 78 valence electrons. The van der Waals surface area contributed by atoms with Gasteiger partial charge in [0.15, 0.2) is 0 Å². The third-order valence-electron chi connectivity index (χ3n) is 2.74. The van der Waals surface area contributed by atoms with E-state index in [2.05, 4.69) is 0 Å². The maximum atomic E-state index is 10.7. The van der Waals surface area contributed by atoms with Crippen LogP contribution in [0.15, 0.2) is 0 Å². The predicted molar refractivity (Wildman–Crippen MR) is 55.4 cm³/mol. The SMILES string of the molecule is O=S(=O)(Cl)CCC1CCCCCC1. The van der Waals surface area contributed by atoms with Gasteiger partial charge in [0.05, 0.1) is 5.75 Å². The van der Waals surface area contributed by atoms with Crippen LogP contribution in [0, 0.1) is 5.92 Å². The summed E-state index contributed by atoms with van der Waals surface area (Å²) in [5, 5.41) is 0. The van der Waals surface area contributed by atoms with E-state index in [4.69, 9.17) is 10.7 Å². The highest BCUT2D eigenvalue weighted by Gasteiger charge is 2.15. The first kappa shape index (κ1) is 11.3. The molecule has 1 rings (SSSR count). The van der Waals surface area contributed by atoms with Crippen molar-refractivity contribution >= 4 is 19.7 Å². The molecule has 0 aromatic carbocycles. The van der Waals surface area contributed by atoms with Crippen molar-refractivity contribution in [3.63, 3.8) is 0 Å². The zero-order valence-corrected chi connectivity index (χ0v) is 9.41. The lowest BCUT2D eigenvalue weighted by atomic mass is 9.98. The molecule has 0 saturated heterocycles. The Morgan fingerprint density at radius 2 is 1.62 bits per heavy atom. The molecule has 0 bridgehead atoms. The lowest BCUT2D eigenvalue weighted by Crippen LogP contribution is -2.06. The summed E-state index contributed by atoms with van der Waals surface area (Å²) >= 11 is 0. The van der Waals surface area contributed by atoms with E-state index in [0.29, 0.717) is 5.92 Å². The van der Waals surface area contributed by atoms with Gasteiger partial charge < -0.3 is 0 Å². The molecule has 1 aliphatic carbocycles. The van der Waals surface area contributed by atoms with Gasteiger partial charge in [0.2, 0.25) is 9.05 Å². The number of hydrogen-bond donors (Lipinski definition) is 0. The first-order chi connectivity index (χ1) is 6.08. The van der Waals surface area contributed by atoms with Crippen LogP contribution in [-0.2, 0) is 9.05 Å². The minimum atomic E-state index is -3.26. The quantitative estimate of drug-likeness (QED) is 0.546. The normalized spacial score (nSPS) is 21.3. The highest BCUT2D eigenvalue weighted by Crippen LogP contribution is 2.25. The fourth-order valence-corrected chi connectivity index (χ4v) is 2.84. The summed E-state index contributed by atoms with van der Waals surface area (Å²) in [6.45, 7) is 0. The minimum absolute atomic E-state index is 0.152. The monoisotopic (exact) mass is 224 g/mol. The van der Waals surface area contributed by atoms with Gasteiger partial charge in [-0.05, 0) is 12.3 Å². The molecule has 2 nitrogen and oxygen atoms in total. The Hall–Kier alpha value is 0.240. The molecule has 0 aliphatic heterocycles. The standard InChI is InChI=1S/C9H17ClO2S/c10-13(11,12)8-7-9-5-3-1-2-4-6-9/h9H,1-8H2. The molecule has 0 aromatic heterocycles. The van der Waals surface area contributed by atoms with Gasteiger partial charge in [-0.3, -0.25) is 0 Å². The van der Waals surface area contributed by atoms with Gasteiger partial charge >= 0.3 is 0 Å². The van der Waals surface area contributed by atoms with Gasteiger partial charge in [-0.1, -0.05) is 38.5 Å². The smallest absolute Gasteiger partial charge is 0.212 e. The van der Waals surface area contributed by atoms with Crippen molar-refractivity contribution in [2.45, 2.75) is 44.9 Å². The van der Waals surface area contributed by atoms with Crippen molar-refractivity contribution in [1.29, 1.82) is 0 Å². The van der Waals surface area contributed by atoms with Gasteiger partial charge in [-0.25, -0.2) is 8.42 Å². The largest absolute Gasteiger partial charge is 0.232 e. The Morgan fingerprint density at radius 1 is 1.08 bits per heavy atom. The van der Waals surface area contributed by atoms with Crippen LogP contribution in [0.2, 0.25) is 0 Å². The summed E-state index contributed by atoms with van der Waals surface area (Å²) in [7, 11) is 1.90. The third-order valence-corrected chi connectivity index (χ3v) is 3.93. The van der Waals surface area contributed by atoms with Gasteiger partial charge in [-0.15, -0.1) is 0 Å². The fourth-order valence-electron chi connectivity index (χ4n) is 1.96. The Bertz CT molecular complexity index is 228. The molecular weight excluding hydrogens is 208 g/mol. The van der Waals surface area contributed by atoms with Crippen molar-refractivity contribution in [2.24, 2.45) is 5.92 Å². The van der Waals surface area contributed by atoms with Crippen molar-refractivity contribution in [3.8, 4) is 0 Å². The molecule has 0 aromatic rings. The summed E-state index contributed by atoms with van der Waals surface area (Å²) in [5.74, 6) is 0.746. The van der Waals surface area contributed by atoms with Crippen LogP contribution in [0.4, 0.5) is 0 Å². The Balaban J connectivity index is 2.27. The topological polar surface area (TPSA) is 34.1 Å². The average Bonchev–Trinajstić information content (AvgIpc) is 2.26. The van der Waals surface area contributed by atoms with Crippen LogP contribution < -0.4 is 0 Å². The lowest BCUT2D eigenvalue weighted by Gasteiger charge is -2.11. The second kappa shape index (κ2) is 5.20. The van der Waals surface area contributed by atoms with E-state index in [1.54, 1.807) is 0 Å². The van der Waals surface area contributed by atoms with Crippen LogP contribution in [0.5, 0.6) is 0 Å². The van der Waals surface area contributed by atoms with E-state index in [1.807, 2.05) is 0 Å². The minimum Gasteiger partial charge on any atom is -0.212 e. The van der Waals surface area contributed by atoms with E-state index in [-0.39, 0.29) is 5.75 Å². The summed E-state index contributed by atoms with van der Waals surface area (Å²) in [5.41, 5.74) is 0. The molecule has 1 saturated carbocycles. The zero-order chi connectivity index (χ0) is 9.73. The molecule has 0 heterocycles. The Kier molecular flexibility index (Phi) is 4.53. The molecule has 1 aliphatic rings. The molecule has 13 heavy (non-hydrogen) atoms. The molecule has 0 atom stereocenters. The first-order valence-electron chi connectivity index (χ1n) is 5.00. The van der Waals surface area contributed by atoms with Crippen molar-refractivity contribution in [3.05, 3.63) is 0 Å². The van der Waals surface area contributed by atoms with E-state index in [1.165, 1.54) is 38.5 Å². The Morgan fingerprint density at radius 3 is 2.08 bits per heavy atom. The highest BCUT2D eigenvalue weighted by molar-refractivity contribution is 8.13. The van der Waals surface area contributed by atoms with E-state index in [9.17, 15) is 8.42 Å². The second-order valence-electron chi connectivity index (χ2n) is 3.89. The summed E-state index contributed by atoms with van der Waals surface area (Å²) in [4.78, 5) is 0. The van der Waals surface area contributed by atoms with Crippen LogP contribution in [-0.4, -0.2) is 14.2 Å². The summed E-state index contributed by atoms with van der Waals surface area (Å²) in [6, 6.07) is 0. The molecule has 4 heteroatoms. The molecule has 1 fully saturated rings. The molecule has 0 spiro atoms. The van der Waals surface area contributed by atoms with Crippen molar-refractivity contribution in [2.75, 3.05) is 5.75 Å². The second-order valence-corrected chi connectivity index (χ2v) is 6.79. The number of rotatable bonds is 3. The molecule has 0 unspecified atom stereocenters. The van der Waals surface area contributed by atoms with Gasteiger partial charge in [0, 0.05) is 10.7 Å². The molecule has 0 amide bonds. The Labute approximate surface area is 85.1 Å².